The number of benzene rings is 12. The van der Waals surface area contributed by atoms with E-state index in [4.69, 9.17) is 0 Å². The van der Waals surface area contributed by atoms with Crippen LogP contribution in [0.1, 0.15) is 88.1 Å². The normalized spacial score (nSPS) is 14.7. The highest BCUT2D eigenvalue weighted by atomic mass is 15.1. The molecule has 12 aromatic rings. The summed E-state index contributed by atoms with van der Waals surface area (Å²) in [6.07, 6.45) is 6.39. The first-order valence-corrected chi connectivity index (χ1v) is 28.4. The first-order chi connectivity index (χ1) is 39.2. The Balaban J connectivity index is 0.956. The molecule has 376 valence electrons. The first kappa shape index (κ1) is 47.0. The average Bonchev–Trinajstić information content (AvgIpc) is 3.21. The van der Waals surface area contributed by atoms with Gasteiger partial charge in [0.05, 0.1) is 22.2 Å². The lowest BCUT2D eigenvalue weighted by Gasteiger charge is -2.35. The van der Waals surface area contributed by atoms with Crippen LogP contribution >= 0.6 is 0 Å². The van der Waals surface area contributed by atoms with Crippen LogP contribution in [0.15, 0.2) is 291 Å². The monoisotopic (exact) mass is 1010 g/mol. The zero-order chi connectivity index (χ0) is 52.3. The third kappa shape index (κ3) is 7.29. The summed E-state index contributed by atoms with van der Waals surface area (Å²) in [6.45, 7) is 0. The lowest BCUT2D eigenvalue weighted by Crippen LogP contribution is -2.28. The number of rotatable bonds is 10. The smallest absolute Gasteiger partial charge is 0.0714 e. The van der Waals surface area contributed by atoms with Crippen LogP contribution in [-0.4, -0.2) is 0 Å². The van der Waals surface area contributed by atoms with E-state index < -0.39 is 10.8 Å². The Morgan fingerprint density at radius 3 is 1.39 bits per heavy atom. The molecule has 0 atom stereocenters. The van der Waals surface area contributed by atoms with Crippen molar-refractivity contribution in [3.63, 3.8) is 0 Å². The van der Waals surface area contributed by atoms with Crippen molar-refractivity contribution < 1.29 is 0 Å². The van der Waals surface area contributed by atoms with Gasteiger partial charge in [-0.3, -0.25) is 0 Å². The average molecular weight is 1010 g/mol. The largest absolute Gasteiger partial charge is 0.309 e. The van der Waals surface area contributed by atoms with Crippen molar-refractivity contribution in [3.05, 3.63) is 341 Å². The predicted molar refractivity (Wildman–Crippen MR) is 330 cm³/mol. The molecule has 0 heterocycles. The molecule has 1 heteroatoms. The van der Waals surface area contributed by atoms with Crippen LogP contribution in [0.3, 0.4) is 0 Å². The molecule has 3 aliphatic rings. The summed E-state index contributed by atoms with van der Waals surface area (Å²) in [4.78, 5) is 2.58. The number of fused-ring (bicyclic) bond motifs is 7. The van der Waals surface area contributed by atoms with Gasteiger partial charge < -0.3 is 4.90 Å². The van der Waals surface area contributed by atoms with Crippen LogP contribution < -0.4 is 4.90 Å². The Kier molecular flexibility index (Phi) is 11.5. The quantitative estimate of drug-likeness (QED) is 0.132. The maximum atomic E-state index is 2.58. The molecule has 0 aromatic heterocycles. The Morgan fingerprint density at radius 1 is 0.304 bits per heavy atom. The van der Waals surface area contributed by atoms with E-state index in [9.17, 15) is 0 Å². The van der Waals surface area contributed by atoms with Gasteiger partial charge in [-0.1, -0.05) is 280 Å². The Labute approximate surface area is 464 Å². The standard InChI is InChI=1S/C78H59N/c1-6-25-55(26-7-1)63-40-22-27-56-28-23-41-67(75(56)63)66-38-18-21-45-73(66)79(74-46-24-44-71-76(74)68-39-17-20-43-70(68)77(71,58-29-8-2-9-30-58)59-31-10-3-11-32-59)62-50-47-54(48-51-62)57-49-52-65-64-37-16-19-42-69(64)78(72(65)53-57,60-33-12-4-13-34-60)61-35-14-5-15-36-61/h2-5,8-24,27-53,55H,1,6-7,25-26H2. The fraction of sp³-hybridized carbons (Fsp3) is 0.103. The summed E-state index contributed by atoms with van der Waals surface area (Å²) < 4.78 is 0. The van der Waals surface area contributed by atoms with Crippen molar-refractivity contribution in [2.75, 3.05) is 4.90 Å². The summed E-state index contributed by atoms with van der Waals surface area (Å²) in [6, 6.07) is 110. The number of anilines is 3. The second-order valence-corrected chi connectivity index (χ2v) is 22.0. The molecule has 0 amide bonds. The molecule has 12 aromatic carbocycles. The van der Waals surface area contributed by atoms with Crippen LogP contribution in [0.2, 0.25) is 0 Å². The highest BCUT2D eigenvalue weighted by Gasteiger charge is 2.48. The van der Waals surface area contributed by atoms with Gasteiger partial charge in [0.2, 0.25) is 0 Å². The van der Waals surface area contributed by atoms with E-state index in [0.717, 1.165) is 17.1 Å². The van der Waals surface area contributed by atoms with E-state index in [1.807, 2.05) is 0 Å². The fourth-order valence-corrected chi connectivity index (χ4v) is 14.7. The van der Waals surface area contributed by atoms with Crippen molar-refractivity contribution in [3.8, 4) is 44.5 Å². The molecule has 0 N–H and O–H groups in total. The molecule has 0 aliphatic heterocycles. The highest BCUT2D eigenvalue weighted by molar-refractivity contribution is 6.05. The van der Waals surface area contributed by atoms with E-state index in [-0.39, 0.29) is 0 Å². The van der Waals surface area contributed by atoms with Crippen molar-refractivity contribution in [2.24, 2.45) is 0 Å². The summed E-state index contributed by atoms with van der Waals surface area (Å²) in [7, 11) is 0. The molecule has 79 heavy (non-hydrogen) atoms. The molecule has 0 saturated heterocycles. The van der Waals surface area contributed by atoms with Gasteiger partial charge in [-0.2, -0.15) is 0 Å². The van der Waals surface area contributed by atoms with Gasteiger partial charge in [-0.05, 0) is 143 Å². The van der Waals surface area contributed by atoms with E-state index in [1.165, 1.54) is 137 Å². The van der Waals surface area contributed by atoms with Gasteiger partial charge in [0.1, 0.15) is 0 Å². The van der Waals surface area contributed by atoms with Gasteiger partial charge in [-0.25, -0.2) is 0 Å². The van der Waals surface area contributed by atoms with E-state index in [0.29, 0.717) is 5.92 Å². The lowest BCUT2D eigenvalue weighted by atomic mass is 9.67. The summed E-state index contributed by atoms with van der Waals surface area (Å²) in [5.74, 6) is 0.548. The summed E-state index contributed by atoms with van der Waals surface area (Å²) >= 11 is 0. The molecule has 1 fully saturated rings. The van der Waals surface area contributed by atoms with Crippen molar-refractivity contribution in [1.29, 1.82) is 0 Å². The molecule has 0 unspecified atom stereocenters. The summed E-state index contributed by atoms with van der Waals surface area (Å²) in [5, 5.41) is 2.69. The second kappa shape index (κ2) is 19.3. The third-order valence-electron chi connectivity index (χ3n) is 18.0. The predicted octanol–water partition coefficient (Wildman–Crippen LogP) is 20.4. The number of nitrogens with zero attached hydrogens (tertiary/aromatic N) is 1. The zero-order valence-corrected chi connectivity index (χ0v) is 44.3. The molecule has 0 bridgehead atoms. The molecule has 3 aliphatic carbocycles. The fourth-order valence-electron chi connectivity index (χ4n) is 14.7. The highest BCUT2D eigenvalue weighted by Crippen LogP contribution is 2.61. The molecule has 15 rings (SSSR count). The lowest BCUT2D eigenvalue weighted by molar-refractivity contribution is 0.445. The van der Waals surface area contributed by atoms with Crippen molar-refractivity contribution in [2.45, 2.75) is 48.9 Å². The van der Waals surface area contributed by atoms with Crippen LogP contribution in [0.25, 0.3) is 55.3 Å². The molecule has 0 spiro atoms. The van der Waals surface area contributed by atoms with Crippen molar-refractivity contribution in [1.82, 2.24) is 0 Å². The van der Waals surface area contributed by atoms with Gasteiger partial charge in [0, 0.05) is 16.8 Å². The van der Waals surface area contributed by atoms with E-state index in [2.05, 4.69) is 296 Å². The minimum absolute atomic E-state index is 0.484. The minimum Gasteiger partial charge on any atom is -0.309 e. The molecular weight excluding hydrogens is 951 g/mol. The first-order valence-electron chi connectivity index (χ1n) is 28.4. The Hall–Kier alpha value is -9.30. The second-order valence-electron chi connectivity index (χ2n) is 22.0. The topological polar surface area (TPSA) is 3.24 Å². The molecule has 1 saturated carbocycles. The van der Waals surface area contributed by atoms with Gasteiger partial charge in [0.15, 0.2) is 0 Å². The van der Waals surface area contributed by atoms with Crippen molar-refractivity contribution >= 4 is 27.8 Å². The Bertz CT molecular complexity index is 4130. The maximum Gasteiger partial charge on any atom is 0.0714 e. The van der Waals surface area contributed by atoms with Crippen LogP contribution in [0.5, 0.6) is 0 Å². The van der Waals surface area contributed by atoms with Crippen LogP contribution in [-0.2, 0) is 10.8 Å². The molecular formula is C78H59N. The van der Waals surface area contributed by atoms with Gasteiger partial charge >= 0.3 is 0 Å². The Morgan fingerprint density at radius 2 is 0.759 bits per heavy atom. The van der Waals surface area contributed by atoms with Gasteiger partial charge in [-0.15, -0.1) is 0 Å². The SMILES string of the molecule is c1ccc(C2(c3ccccc3)c3ccccc3-c3ccc(-c4ccc(N(c5ccccc5-c5cccc6cccc(C7CCCCC7)c56)c5cccc6c5-c5ccccc5C6(c5ccccc5)c5ccccc5)cc4)cc32)cc1. The zero-order valence-electron chi connectivity index (χ0n) is 44.3. The van der Waals surface area contributed by atoms with E-state index in [1.54, 1.807) is 0 Å². The van der Waals surface area contributed by atoms with Gasteiger partial charge in [0.25, 0.3) is 0 Å². The number of hydrogen-bond donors (Lipinski definition) is 0. The maximum absolute atomic E-state index is 2.58. The third-order valence-corrected chi connectivity index (χ3v) is 18.0. The van der Waals surface area contributed by atoms with Crippen LogP contribution in [0, 0.1) is 0 Å². The van der Waals surface area contributed by atoms with E-state index >= 15 is 0 Å². The number of para-hydroxylation sites is 1. The minimum atomic E-state index is -0.550. The van der Waals surface area contributed by atoms with Crippen LogP contribution in [0.4, 0.5) is 17.1 Å². The molecule has 0 radical (unpaired) electrons. The number of hydrogen-bond acceptors (Lipinski definition) is 1. The summed E-state index contributed by atoms with van der Waals surface area (Å²) in [5.41, 5.74) is 24.1. The molecule has 1 nitrogen and oxygen atoms in total.